The Hall–Kier alpha value is -2.70. The van der Waals surface area contributed by atoms with Gasteiger partial charge in [-0.25, -0.2) is 9.18 Å². The Balaban J connectivity index is 1.92. The van der Waals surface area contributed by atoms with Crippen molar-refractivity contribution in [3.05, 3.63) is 74.7 Å². The van der Waals surface area contributed by atoms with Crippen LogP contribution in [0, 0.1) is 5.82 Å². The van der Waals surface area contributed by atoms with Gasteiger partial charge < -0.3 is 10.4 Å². The van der Waals surface area contributed by atoms with Crippen molar-refractivity contribution in [3.63, 3.8) is 0 Å². The Morgan fingerprint density at radius 3 is 2.44 bits per heavy atom. The van der Waals surface area contributed by atoms with E-state index in [-0.39, 0.29) is 28.9 Å². The topological polar surface area (TPSA) is 66.4 Å². The maximum Gasteiger partial charge on any atom is 0.346 e. The minimum absolute atomic E-state index is 0.150. The van der Waals surface area contributed by atoms with Crippen LogP contribution in [0.4, 0.5) is 10.1 Å². The van der Waals surface area contributed by atoms with Crippen molar-refractivity contribution >= 4 is 40.5 Å². The highest BCUT2D eigenvalue weighted by molar-refractivity contribution is 7.15. The third-order valence-electron chi connectivity index (χ3n) is 4.51. The lowest BCUT2D eigenvalue weighted by Crippen LogP contribution is -2.22. The van der Waals surface area contributed by atoms with Crippen LogP contribution in [0.1, 0.15) is 32.5 Å². The van der Waals surface area contributed by atoms with Gasteiger partial charge in [-0.1, -0.05) is 35.9 Å². The average Bonchev–Trinajstić information content (AvgIpc) is 3.02. The number of carbonyl (C=O) groups is 2. The van der Waals surface area contributed by atoms with E-state index in [1.807, 2.05) is 0 Å². The van der Waals surface area contributed by atoms with Crippen LogP contribution < -0.4 is 5.32 Å². The number of fused-ring (bicyclic) bond motifs is 1. The minimum Gasteiger partial charge on any atom is -0.477 e. The van der Waals surface area contributed by atoms with Crippen LogP contribution >= 0.6 is 22.9 Å². The fourth-order valence-corrected chi connectivity index (χ4v) is 4.67. The molecule has 0 aliphatic carbocycles. The number of hydrogen-bond acceptors (Lipinski definition) is 3. The predicted molar refractivity (Wildman–Crippen MR) is 103 cm³/mol. The van der Waals surface area contributed by atoms with E-state index in [4.69, 9.17) is 11.6 Å². The fourth-order valence-electron chi connectivity index (χ4n) is 3.29. The van der Waals surface area contributed by atoms with Gasteiger partial charge in [0.05, 0.1) is 5.69 Å². The molecule has 0 spiro atoms. The monoisotopic (exact) mass is 401 g/mol. The second kappa shape index (κ2) is 6.79. The Labute approximate surface area is 163 Å². The first-order valence-electron chi connectivity index (χ1n) is 8.15. The number of nitrogens with one attached hydrogen (secondary N) is 1. The number of anilines is 1. The number of carboxylic acid groups (broad SMARTS) is 1. The van der Waals surface area contributed by atoms with Gasteiger partial charge in [0.25, 0.3) is 0 Å². The lowest BCUT2D eigenvalue weighted by molar-refractivity contribution is -0.116. The number of carbonyl (C=O) groups excluding carboxylic acids is 1. The number of thiophene rings is 1. The van der Waals surface area contributed by atoms with Gasteiger partial charge in [0.15, 0.2) is 0 Å². The van der Waals surface area contributed by atoms with Gasteiger partial charge in [0, 0.05) is 27.8 Å². The highest BCUT2D eigenvalue weighted by atomic mass is 35.5. The van der Waals surface area contributed by atoms with Crippen LogP contribution in [0.5, 0.6) is 0 Å². The van der Waals surface area contributed by atoms with Crippen molar-refractivity contribution in [2.45, 2.75) is 12.3 Å². The lowest BCUT2D eigenvalue weighted by Gasteiger charge is -2.23. The van der Waals surface area contributed by atoms with Crippen LogP contribution in [0.15, 0.2) is 48.5 Å². The van der Waals surface area contributed by atoms with E-state index in [0.29, 0.717) is 21.8 Å². The predicted octanol–water partition coefficient (Wildman–Crippen LogP) is 5.38. The molecule has 0 unspecified atom stereocenters. The summed E-state index contributed by atoms with van der Waals surface area (Å²) in [6.07, 6.45) is 0.179. The van der Waals surface area contributed by atoms with E-state index in [9.17, 15) is 19.1 Å². The summed E-state index contributed by atoms with van der Waals surface area (Å²) in [6.45, 7) is 0. The van der Waals surface area contributed by atoms with Crippen molar-refractivity contribution in [1.29, 1.82) is 0 Å². The molecule has 4 rings (SSSR count). The third kappa shape index (κ3) is 3.22. The molecular weight excluding hydrogens is 389 g/mol. The van der Waals surface area contributed by atoms with Gasteiger partial charge in [0.1, 0.15) is 10.7 Å². The number of aromatic carboxylic acids is 1. The summed E-state index contributed by atoms with van der Waals surface area (Å²) >= 11 is 7.08. The molecule has 2 heterocycles. The fraction of sp³-hybridized carbons (Fsp3) is 0.100. The van der Waals surface area contributed by atoms with Gasteiger partial charge in [-0.3, -0.25) is 4.79 Å². The van der Waals surface area contributed by atoms with Crippen LogP contribution in [0.25, 0.3) is 11.1 Å². The number of hydrogen-bond donors (Lipinski definition) is 2. The molecule has 1 atom stereocenters. The molecule has 1 aromatic heterocycles. The highest BCUT2D eigenvalue weighted by Gasteiger charge is 2.34. The molecule has 2 N–H and O–H groups in total. The summed E-state index contributed by atoms with van der Waals surface area (Å²) < 4.78 is 13.3. The molecule has 2 aromatic carbocycles. The molecule has 0 saturated carbocycles. The highest BCUT2D eigenvalue weighted by Crippen LogP contribution is 2.49. The molecule has 0 radical (unpaired) electrons. The van der Waals surface area contributed by atoms with Gasteiger partial charge in [0.2, 0.25) is 5.91 Å². The molecule has 0 bridgehead atoms. The summed E-state index contributed by atoms with van der Waals surface area (Å²) in [5, 5.41) is 13.1. The van der Waals surface area contributed by atoms with Crippen molar-refractivity contribution in [3.8, 4) is 11.1 Å². The quantitative estimate of drug-likeness (QED) is 0.619. The molecule has 1 amide bonds. The van der Waals surface area contributed by atoms with E-state index < -0.39 is 5.97 Å². The van der Waals surface area contributed by atoms with Gasteiger partial charge in [-0.2, -0.15) is 0 Å². The van der Waals surface area contributed by atoms with E-state index in [1.54, 1.807) is 36.4 Å². The van der Waals surface area contributed by atoms with E-state index >= 15 is 0 Å². The zero-order valence-corrected chi connectivity index (χ0v) is 15.4. The first kappa shape index (κ1) is 17.7. The first-order chi connectivity index (χ1) is 12.9. The molecule has 1 aliphatic heterocycles. The molecule has 136 valence electrons. The number of carboxylic acids is 1. The van der Waals surface area contributed by atoms with Crippen molar-refractivity contribution in [1.82, 2.24) is 0 Å². The van der Waals surface area contributed by atoms with E-state index in [2.05, 4.69) is 5.32 Å². The van der Waals surface area contributed by atoms with E-state index in [1.165, 1.54) is 12.1 Å². The summed E-state index contributed by atoms with van der Waals surface area (Å²) in [5.74, 6) is -1.95. The summed E-state index contributed by atoms with van der Waals surface area (Å²) in [7, 11) is 0. The first-order valence-corrected chi connectivity index (χ1v) is 9.34. The molecule has 1 aliphatic rings. The van der Waals surface area contributed by atoms with Crippen LogP contribution in [0.2, 0.25) is 5.02 Å². The molecule has 27 heavy (non-hydrogen) atoms. The Bertz CT molecular complexity index is 1040. The van der Waals surface area contributed by atoms with Gasteiger partial charge >= 0.3 is 5.97 Å². The standard InChI is InChI=1S/C20H13ClFNO3S/c21-12-5-1-11(2-6-12)16-17-18(27-19(16)20(25)26)14(9-15(24)23-17)10-3-7-13(22)8-4-10/h1-8,14H,9H2,(H,23,24)(H,25,26)/t14-/m0/s1. The number of amides is 1. The van der Waals surface area contributed by atoms with Crippen LogP contribution in [-0.4, -0.2) is 17.0 Å². The van der Waals surface area contributed by atoms with Gasteiger partial charge in [-0.15, -0.1) is 11.3 Å². The van der Waals surface area contributed by atoms with Crippen molar-refractivity contribution in [2.24, 2.45) is 0 Å². The van der Waals surface area contributed by atoms with Crippen LogP contribution in [0.3, 0.4) is 0 Å². The summed E-state index contributed by atoms with van der Waals surface area (Å²) in [6, 6.07) is 12.7. The largest absolute Gasteiger partial charge is 0.477 e. The molecule has 3 aromatic rings. The maximum absolute atomic E-state index is 13.3. The number of halogens is 2. The molecular formula is C20H13ClFNO3S. The average molecular weight is 402 g/mol. The number of benzene rings is 2. The van der Waals surface area contributed by atoms with Crippen molar-refractivity contribution in [2.75, 3.05) is 5.32 Å². The minimum atomic E-state index is -1.06. The SMILES string of the molecule is O=C1C[C@@H](c2ccc(F)cc2)c2sc(C(=O)O)c(-c3ccc(Cl)cc3)c2N1. The van der Waals surface area contributed by atoms with E-state index in [0.717, 1.165) is 21.8 Å². The second-order valence-corrected chi connectivity index (χ2v) is 7.70. The summed E-state index contributed by atoms with van der Waals surface area (Å²) in [5.41, 5.74) is 2.41. The number of rotatable bonds is 3. The van der Waals surface area contributed by atoms with Crippen molar-refractivity contribution < 1.29 is 19.1 Å². The normalized spacial score (nSPS) is 15.9. The Morgan fingerprint density at radius 2 is 1.81 bits per heavy atom. The van der Waals surface area contributed by atoms with Gasteiger partial charge in [-0.05, 0) is 35.4 Å². The molecule has 0 fully saturated rings. The smallest absolute Gasteiger partial charge is 0.346 e. The lowest BCUT2D eigenvalue weighted by atomic mass is 9.88. The Morgan fingerprint density at radius 1 is 1.15 bits per heavy atom. The molecule has 4 nitrogen and oxygen atoms in total. The summed E-state index contributed by atoms with van der Waals surface area (Å²) in [4.78, 5) is 25.1. The maximum atomic E-state index is 13.3. The van der Waals surface area contributed by atoms with Crippen LogP contribution in [-0.2, 0) is 4.79 Å². The zero-order valence-electron chi connectivity index (χ0n) is 13.8. The molecule has 0 saturated heterocycles. The molecule has 7 heteroatoms. The Kier molecular flexibility index (Phi) is 4.45. The second-order valence-electron chi connectivity index (χ2n) is 6.21. The third-order valence-corrected chi connectivity index (χ3v) is 6.05. The zero-order chi connectivity index (χ0) is 19.1.